The highest BCUT2D eigenvalue weighted by Gasteiger charge is 2.19. The van der Waals surface area contributed by atoms with Crippen LogP contribution < -0.4 is 16.5 Å². The first-order chi connectivity index (χ1) is 10.5. The van der Waals surface area contributed by atoms with Crippen molar-refractivity contribution in [1.29, 1.82) is 0 Å². The van der Waals surface area contributed by atoms with E-state index in [1.165, 1.54) is 17.4 Å². The van der Waals surface area contributed by atoms with Crippen LogP contribution in [0.5, 0.6) is 0 Å². The molecule has 5 nitrogen and oxygen atoms in total. The van der Waals surface area contributed by atoms with Gasteiger partial charge < -0.3 is 16.0 Å². The fraction of sp³-hybridized carbons (Fsp3) is 0.125. The molecule has 2 heterocycles. The average Bonchev–Trinajstić information content (AvgIpc) is 2.78. The summed E-state index contributed by atoms with van der Waals surface area (Å²) in [5.74, 6) is -0.312. The van der Waals surface area contributed by atoms with Gasteiger partial charge in [-0.15, -0.1) is 11.3 Å². The molecular weight excluding hydrogens is 298 g/mol. The van der Waals surface area contributed by atoms with E-state index in [4.69, 9.17) is 5.73 Å². The summed E-state index contributed by atoms with van der Waals surface area (Å²) in [6, 6.07) is 8.96. The van der Waals surface area contributed by atoms with Crippen molar-refractivity contribution in [3.63, 3.8) is 0 Å². The fourth-order valence-corrected chi connectivity index (χ4v) is 3.34. The molecule has 0 aliphatic heterocycles. The summed E-state index contributed by atoms with van der Waals surface area (Å²) in [4.78, 5) is 28.5. The van der Waals surface area contributed by atoms with Gasteiger partial charge in [-0.3, -0.25) is 9.59 Å². The van der Waals surface area contributed by atoms with Crippen molar-refractivity contribution in [2.75, 3.05) is 11.1 Å². The van der Waals surface area contributed by atoms with Gasteiger partial charge in [0.05, 0.1) is 11.1 Å². The van der Waals surface area contributed by atoms with Crippen LogP contribution in [0.15, 0.2) is 35.1 Å². The Morgan fingerprint density at radius 1 is 1.23 bits per heavy atom. The summed E-state index contributed by atoms with van der Waals surface area (Å²) in [6.45, 7) is 3.77. The molecule has 0 fully saturated rings. The SMILES string of the molecule is Cc1ccc(NC(=O)c2sc3[nH]c(C)cc(=O)c3c2N)cc1. The standard InChI is InChI=1S/C16H15N3O2S/c1-8-3-5-10(6-4-8)19-15(21)14-13(17)12-11(20)7-9(2)18-16(12)22-14/h3-7H,17H2,1-2H3,(H,18,20)(H,19,21). The molecule has 112 valence electrons. The number of aromatic amines is 1. The van der Waals surface area contributed by atoms with Gasteiger partial charge in [-0.2, -0.15) is 0 Å². The molecule has 4 N–H and O–H groups in total. The average molecular weight is 313 g/mol. The number of carbonyl (C=O) groups excluding carboxylic acids is 1. The molecule has 1 amide bonds. The summed E-state index contributed by atoms with van der Waals surface area (Å²) in [5.41, 5.74) is 8.60. The van der Waals surface area contributed by atoms with Crippen molar-refractivity contribution in [1.82, 2.24) is 4.98 Å². The van der Waals surface area contributed by atoms with Gasteiger partial charge in [-0.25, -0.2) is 0 Å². The number of carbonyl (C=O) groups is 1. The Morgan fingerprint density at radius 3 is 2.59 bits per heavy atom. The number of fused-ring (bicyclic) bond motifs is 1. The predicted octanol–water partition coefficient (Wildman–Crippen LogP) is 3.04. The third-order valence-electron chi connectivity index (χ3n) is 3.37. The number of hydrogen-bond acceptors (Lipinski definition) is 4. The minimum absolute atomic E-state index is 0.172. The maximum absolute atomic E-state index is 12.4. The van der Waals surface area contributed by atoms with Gasteiger partial charge in [-0.05, 0) is 26.0 Å². The van der Waals surface area contributed by atoms with E-state index in [9.17, 15) is 9.59 Å². The van der Waals surface area contributed by atoms with E-state index in [-0.39, 0.29) is 17.0 Å². The van der Waals surface area contributed by atoms with E-state index in [2.05, 4.69) is 10.3 Å². The highest BCUT2D eigenvalue weighted by Crippen LogP contribution is 2.30. The van der Waals surface area contributed by atoms with E-state index in [1.54, 1.807) is 6.92 Å². The van der Waals surface area contributed by atoms with Crippen molar-refractivity contribution >= 4 is 38.8 Å². The lowest BCUT2D eigenvalue weighted by Crippen LogP contribution is -2.12. The number of nitrogens with one attached hydrogen (secondary N) is 2. The number of pyridine rings is 1. The van der Waals surface area contributed by atoms with Gasteiger partial charge in [0.15, 0.2) is 5.43 Å². The maximum atomic E-state index is 12.4. The van der Waals surface area contributed by atoms with Gasteiger partial charge >= 0.3 is 0 Å². The largest absolute Gasteiger partial charge is 0.397 e. The molecule has 0 aliphatic carbocycles. The number of nitrogens with two attached hydrogens (primary N) is 1. The number of aryl methyl sites for hydroxylation is 2. The number of thiophene rings is 1. The first-order valence-corrected chi connectivity index (χ1v) is 7.57. The van der Waals surface area contributed by atoms with Crippen molar-refractivity contribution in [2.45, 2.75) is 13.8 Å². The second-order valence-corrected chi connectivity index (χ2v) is 6.21. The number of hydrogen-bond donors (Lipinski definition) is 3. The molecule has 2 aromatic heterocycles. The van der Waals surface area contributed by atoms with Crippen LogP contribution >= 0.6 is 11.3 Å². The lowest BCUT2D eigenvalue weighted by molar-refractivity contribution is 0.103. The highest BCUT2D eigenvalue weighted by molar-refractivity contribution is 7.21. The normalized spacial score (nSPS) is 10.8. The van der Waals surface area contributed by atoms with Crippen LogP contribution in [0.3, 0.4) is 0 Å². The number of anilines is 2. The lowest BCUT2D eigenvalue weighted by atomic mass is 10.2. The third-order valence-corrected chi connectivity index (χ3v) is 4.49. The van der Waals surface area contributed by atoms with Gasteiger partial charge in [0.25, 0.3) is 5.91 Å². The second kappa shape index (κ2) is 5.31. The Bertz CT molecular complexity index is 923. The fourth-order valence-electron chi connectivity index (χ4n) is 2.25. The smallest absolute Gasteiger partial charge is 0.267 e. The van der Waals surface area contributed by atoms with Crippen LogP contribution in [0.25, 0.3) is 10.2 Å². The Balaban J connectivity index is 2.01. The van der Waals surface area contributed by atoms with Crippen molar-refractivity contribution in [3.05, 3.63) is 56.7 Å². The second-order valence-electron chi connectivity index (χ2n) is 5.19. The molecule has 0 saturated heterocycles. The third kappa shape index (κ3) is 2.48. The molecule has 1 aromatic carbocycles. The zero-order valence-electron chi connectivity index (χ0n) is 12.2. The molecule has 0 bridgehead atoms. The van der Waals surface area contributed by atoms with Crippen LogP contribution in [0.4, 0.5) is 11.4 Å². The van der Waals surface area contributed by atoms with E-state index < -0.39 is 0 Å². The van der Waals surface area contributed by atoms with Crippen LogP contribution in [0.1, 0.15) is 20.9 Å². The van der Waals surface area contributed by atoms with Crippen molar-refractivity contribution in [3.8, 4) is 0 Å². The maximum Gasteiger partial charge on any atom is 0.267 e. The van der Waals surface area contributed by atoms with Gasteiger partial charge in [0.1, 0.15) is 9.71 Å². The Kier molecular flexibility index (Phi) is 3.46. The first-order valence-electron chi connectivity index (χ1n) is 6.75. The molecule has 22 heavy (non-hydrogen) atoms. The summed E-state index contributed by atoms with van der Waals surface area (Å²) in [5, 5.41) is 3.18. The monoisotopic (exact) mass is 313 g/mol. The molecular formula is C16H15N3O2S. The zero-order valence-corrected chi connectivity index (χ0v) is 13.0. The summed E-state index contributed by atoms with van der Waals surface area (Å²) < 4.78 is 0. The molecule has 0 saturated carbocycles. The molecule has 6 heteroatoms. The molecule has 0 radical (unpaired) electrons. The number of benzene rings is 1. The molecule has 0 unspecified atom stereocenters. The molecule has 3 aromatic rings. The first kappa shape index (κ1) is 14.3. The van der Waals surface area contributed by atoms with E-state index in [1.807, 2.05) is 31.2 Å². The number of nitrogen functional groups attached to an aromatic ring is 1. The van der Waals surface area contributed by atoms with Crippen LogP contribution in [0.2, 0.25) is 0 Å². The number of amides is 1. The number of rotatable bonds is 2. The van der Waals surface area contributed by atoms with Gasteiger partial charge in [0, 0.05) is 17.4 Å². The number of aromatic nitrogens is 1. The summed E-state index contributed by atoms with van der Waals surface area (Å²) >= 11 is 1.19. The Hall–Kier alpha value is -2.60. The van der Waals surface area contributed by atoms with Gasteiger partial charge in [-0.1, -0.05) is 17.7 Å². The molecule has 0 spiro atoms. The molecule has 3 rings (SSSR count). The van der Waals surface area contributed by atoms with E-state index in [0.29, 0.717) is 20.8 Å². The molecule has 0 aliphatic rings. The summed E-state index contributed by atoms with van der Waals surface area (Å²) in [7, 11) is 0. The van der Waals surface area contributed by atoms with E-state index in [0.717, 1.165) is 11.3 Å². The summed E-state index contributed by atoms with van der Waals surface area (Å²) in [6.07, 6.45) is 0. The van der Waals surface area contributed by atoms with E-state index >= 15 is 0 Å². The van der Waals surface area contributed by atoms with Crippen LogP contribution in [0, 0.1) is 13.8 Å². The lowest BCUT2D eigenvalue weighted by Gasteiger charge is -2.04. The minimum Gasteiger partial charge on any atom is -0.397 e. The van der Waals surface area contributed by atoms with Crippen molar-refractivity contribution in [2.24, 2.45) is 0 Å². The highest BCUT2D eigenvalue weighted by atomic mass is 32.1. The Morgan fingerprint density at radius 2 is 1.91 bits per heavy atom. The zero-order chi connectivity index (χ0) is 15.9. The molecule has 0 atom stereocenters. The van der Waals surface area contributed by atoms with Crippen LogP contribution in [-0.2, 0) is 0 Å². The quantitative estimate of drug-likeness (QED) is 0.679. The van der Waals surface area contributed by atoms with Gasteiger partial charge in [0.2, 0.25) is 0 Å². The number of H-pyrrole nitrogens is 1. The topological polar surface area (TPSA) is 88.0 Å². The van der Waals surface area contributed by atoms with Crippen LogP contribution in [-0.4, -0.2) is 10.9 Å². The minimum atomic E-state index is -0.312. The Labute approximate surface area is 130 Å². The van der Waals surface area contributed by atoms with Crippen molar-refractivity contribution < 1.29 is 4.79 Å². The predicted molar refractivity (Wildman–Crippen MR) is 90.7 cm³/mol.